The molecule has 0 bridgehead atoms. The van der Waals surface area contributed by atoms with Crippen LogP contribution < -0.4 is 10.6 Å². The minimum atomic E-state index is -0.258. The van der Waals surface area contributed by atoms with E-state index in [-0.39, 0.29) is 17.6 Å². The second-order valence-corrected chi connectivity index (χ2v) is 5.85. The van der Waals surface area contributed by atoms with Crippen LogP contribution in [0, 0.1) is 0 Å². The zero-order valence-electron chi connectivity index (χ0n) is 14.2. The van der Waals surface area contributed by atoms with Crippen molar-refractivity contribution < 1.29 is 19.5 Å². The van der Waals surface area contributed by atoms with Crippen LogP contribution in [0.5, 0.6) is 5.75 Å². The van der Waals surface area contributed by atoms with Gasteiger partial charge in [-0.3, -0.25) is 4.79 Å². The van der Waals surface area contributed by atoms with Crippen LogP contribution in [0.3, 0.4) is 0 Å². The van der Waals surface area contributed by atoms with Crippen LogP contribution in [0.2, 0.25) is 0 Å². The number of aromatic hydroxyl groups is 1. The van der Waals surface area contributed by atoms with Crippen molar-refractivity contribution in [1.82, 2.24) is 15.7 Å². The van der Waals surface area contributed by atoms with Gasteiger partial charge in [0.1, 0.15) is 12.4 Å². The highest BCUT2D eigenvalue weighted by Crippen LogP contribution is 2.15. The first-order valence-corrected chi connectivity index (χ1v) is 8.60. The molecule has 25 heavy (non-hydrogen) atoms. The molecule has 0 fully saturated rings. The van der Waals surface area contributed by atoms with Crippen molar-refractivity contribution in [1.29, 1.82) is 0 Å². The standard InChI is InChI=1S/C18H25N3O4/c22-16-9-6-5-8-15(16)18(24)20-11-7-3-1-2-4-10-17(23)25-21-13-12-19-14-21/h5-6,8-9,12-13,19,22H,1-4,7,10-11,14H2,(H,20,24). The smallest absolute Gasteiger partial charge is 0.332 e. The summed E-state index contributed by atoms with van der Waals surface area (Å²) < 4.78 is 0. The molecule has 1 aromatic carbocycles. The number of nitrogens with one attached hydrogen (secondary N) is 2. The molecule has 7 nitrogen and oxygen atoms in total. The minimum absolute atomic E-state index is 0.00733. The Morgan fingerprint density at radius 3 is 2.68 bits per heavy atom. The molecule has 0 atom stereocenters. The van der Waals surface area contributed by atoms with Gasteiger partial charge in [0, 0.05) is 19.2 Å². The molecule has 1 amide bonds. The zero-order chi connectivity index (χ0) is 17.9. The van der Waals surface area contributed by atoms with E-state index < -0.39 is 0 Å². The highest BCUT2D eigenvalue weighted by molar-refractivity contribution is 5.96. The summed E-state index contributed by atoms with van der Waals surface area (Å²) in [7, 11) is 0. The van der Waals surface area contributed by atoms with Gasteiger partial charge in [0.15, 0.2) is 0 Å². The van der Waals surface area contributed by atoms with Crippen LogP contribution in [0.4, 0.5) is 0 Å². The molecule has 1 aliphatic heterocycles. The summed E-state index contributed by atoms with van der Waals surface area (Å²) in [6, 6.07) is 6.49. The van der Waals surface area contributed by atoms with E-state index in [0.717, 1.165) is 32.1 Å². The van der Waals surface area contributed by atoms with Gasteiger partial charge in [-0.05, 0) is 25.0 Å². The summed E-state index contributed by atoms with van der Waals surface area (Å²) in [6.07, 6.45) is 8.43. The molecule has 0 saturated carbocycles. The SMILES string of the molecule is O=C(CCCCCCCNC(=O)c1ccccc1O)ON1C=CNC1. The molecule has 136 valence electrons. The predicted octanol–water partition coefficient (Wildman–Crippen LogP) is 2.25. The molecule has 7 heteroatoms. The van der Waals surface area contributed by atoms with Crippen molar-refractivity contribution in [2.24, 2.45) is 0 Å². The van der Waals surface area contributed by atoms with Crippen LogP contribution in [-0.2, 0) is 9.63 Å². The number of hydrogen-bond acceptors (Lipinski definition) is 6. The van der Waals surface area contributed by atoms with Gasteiger partial charge in [-0.25, -0.2) is 4.79 Å². The number of carbonyl (C=O) groups is 2. The van der Waals surface area contributed by atoms with E-state index in [4.69, 9.17) is 4.84 Å². The summed E-state index contributed by atoms with van der Waals surface area (Å²) >= 11 is 0. The van der Waals surface area contributed by atoms with Gasteiger partial charge in [0.25, 0.3) is 5.91 Å². The number of hydroxylamine groups is 2. The van der Waals surface area contributed by atoms with Crippen LogP contribution in [0.15, 0.2) is 36.7 Å². The predicted molar refractivity (Wildman–Crippen MR) is 93.2 cm³/mol. The van der Waals surface area contributed by atoms with E-state index in [1.165, 1.54) is 11.1 Å². The summed E-state index contributed by atoms with van der Waals surface area (Å²) in [5.74, 6) is -0.485. The Balaban J connectivity index is 1.45. The fourth-order valence-electron chi connectivity index (χ4n) is 2.46. The molecular weight excluding hydrogens is 322 g/mol. The third-order valence-corrected chi connectivity index (χ3v) is 3.82. The Bertz CT molecular complexity index is 604. The lowest BCUT2D eigenvalue weighted by Crippen LogP contribution is -2.24. The fourth-order valence-corrected chi connectivity index (χ4v) is 2.46. The van der Waals surface area contributed by atoms with Crippen molar-refractivity contribution in [2.75, 3.05) is 13.2 Å². The Hall–Kier alpha value is -2.70. The molecule has 1 aliphatic rings. The number of phenolic OH excluding ortho intramolecular Hbond substituents is 1. The first-order chi connectivity index (χ1) is 12.2. The molecule has 0 unspecified atom stereocenters. The van der Waals surface area contributed by atoms with E-state index >= 15 is 0 Å². The normalized spacial score (nSPS) is 12.7. The average Bonchev–Trinajstić information content (AvgIpc) is 3.10. The van der Waals surface area contributed by atoms with E-state index in [1.54, 1.807) is 30.6 Å². The molecule has 0 spiro atoms. The number of amides is 1. The lowest BCUT2D eigenvalue weighted by Gasteiger charge is -2.13. The molecule has 1 aromatic rings. The molecular formula is C18H25N3O4. The first kappa shape index (κ1) is 18.6. The Kier molecular flexibility index (Phi) is 7.62. The van der Waals surface area contributed by atoms with Crippen LogP contribution in [0.1, 0.15) is 48.9 Å². The quantitative estimate of drug-likeness (QED) is 0.563. The van der Waals surface area contributed by atoms with Crippen molar-refractivity contribution in [3.05, 3.63) is 42.2 Å². The van der Waals surface area contributed by atoms with Crippen LogP contribution in [0.25, 0.3) is 0 Å². The molecule has 0 aliphatic carbocycles. The maximum Gasteiger partial charge on any atom is 0.332 e. The van der Waals surface area contributed by atoms with Gasteiger partial charge in [-0.15, -0.1) is 0 Å². The highest BCUT2D eigenvalue weighted by Gasteiger charge is 2.10. The van der Waals surface area contributed by atoms with Gasteiger partial charge < -0.3 is 20.6 Å². The molecule has 3 N–H and O–H groups in total. The number of phenols is 1. The van der Waals surface area contributed by atoms with Gasteiger partial charge in [-0.1, -0.05) is 31.4 Å². The van der Waals surface area contributed by atoms with Crippen molar-refractivity contribution in [2.45, 2.75) is 38.5 Å². The second kappa shape index (κ2) is 10.2. The van der Waals surface area contributed by atoms with Crippen molar-refractivity contribution in [3.8, 4) is 5.75 Å². The van der Waals surface area contributed by atoms with Gasteiger partial charge >= 0.3 is 5.97 Å². The average molecular weight is 347 g/mol. The van der Waals surface area contributed by atoms with Gasteiger partial charge in [0.2, 0.25) is 0 Å². The lowest BCUT2D eigenvalue weighted by atomic mass is 10.1. The van der Waals surface area contributed by atoms with Crippen molar-refractivity contribution in [3.63, 3.8) is 0 Å². The van der Waals surface area contributed by atoms with E-state index in [9.17, 15) is 14.7 Å². The minimum Gasteiger partial charge on any atom is -0.507 e. The number of para-hydroxylation sites is 1. The molecule has 0 aromatic heterocycles. The molecule has 0 saturated heterocycles. The Labute approximate surface area is 147 Å². The van der Waals surface area contributed by atoms with Gasteiger partial charge in [0.05, 0.1) is 11.8 Å². The largest absolute Gasteiger partial charge is 0.507 e. The zero-order valence-corrected chi connectivity index (χ0v) is 14.2. The number of unbranched alkanes of at least 4 members (excludes halogenated alkanes) is 4. The van der Waals surface area contributed by atoms with E-state index in [1.807, 2.05) is 0 Å². The van der Waals surface area contributed by atoms with Gasteiger partial charge in [-0.2, -0.15) is 5.06 Å². The second-order valence-electron chi connectivity index (χ2n) is 5.85. The monoisotopic (exact) mass is 347 g/mol. The van der Waals surface area contributed by atoms with Crippen molar-refractivity contribution >= 4 is 11.9 Å². The Morgan fingerprint density at radius 1 is 1.16 bits per heavy atom. The molecule has 0 radical (unpaired) electrons. The molecule has 1 heterocycles. The first-order valence-electron chi connectivity index (χ1n) is 8.60. The third-order valence-electron chi connectivity index (χ3n) is 3.82. The number of carbonyl (C=O) groups excluding carboxylic acids is 2. The molecule has 2 rings (SSSR count). The summed E-state index contributed by atoms with van der Waals surface area (Å²) in [5, 5.41) is 16.8. The number of hydrogen-bond donors (Lipinski definition) is 3. The van der Waals surface area contributed by atoms with E-state index in [0.29, 0.717) is 25.2 Å². The lowest BCUT2D eigenvalue weighted by molar-refractivity contribution is -0.177. The van der Waals surface area contributed by atoms with Crippen LogP contribution >= 0.6 is 0 Å². The topological polar surface area (TPSA) is 90.9 Å². The summed E-state index contributed by atoms with van der Waals surface area (Å²) in [4.78, 5) is 28.6. The summed E-state index contributed by atoms with van der Waals surface area (Å²) in [5.41, 5.74) is 0.295. The number of benzene rings is 1. The van der Waals surface area contributed by atoms with E-state index in [2.05, 4.69) is 10.6 Å². The maximum absolute atomic E-state index is 11.9. The third kappa shape index (κ3) is 6.74. The fraction of sp³-hybridized carbons (Fsp3) is 0.444. The highest BCUT2D eigenvalue weighted by atomic mass is 16.7. The summed E-state index contributed by atoms with van der Waals surface area (Å²) in [6.45, 7) is 1.07. The Morgan fingerprint density at radius 2 is 1.92 bits per heavy atom. The maximum atomic E-state index is 11.9. The van der Waals surface area contributed by atoms with Crippen LogP contribution in [-0.4, -0.2) is 35.3 Å². The number of rotatable bonds is 10. The number of nitrogens with zero attached hydrogens (tertiary/aromatic N) is 1.